The highest BCUT2D eigenvalue weighted by molar-refractivity contribution is 7.13. The first-order valence-corrected chi connectivity index (χ1v) is 7.96. The van der Waals surface area contributed by atoms with Crippen LogP contribution >= 0.6 is 11.3 Å². The van der Waals surface area contributed by atoms with Crippen LogP contribution in [0.5, 0.6) is 17.2 Å². The van der Waals surface area contributed by atoms with Crippen LogP contribution in [0.2, 0.25) is 0 Å². The average molecular weight is 336 g/mol. The third kappa shape index (κ3) is 3.92. The number of nitrogens with one attached hydrogen (secondary N) is 1. The van der Waals surface area contributed by atoms with E-state index >= 15 is 0 Å². The van der Waals surface area contributed by atoms with Crippen molar-refractivity contribution in [3.63, 3.8) is 0 Å². The van der Waals surface area contributed by atoms with Crippen molar-refractivity contribution < 1.29 is 19.0 Å². The number of aromatic nitrogens is 1. The fraction of sp³-hybridized carbons (Fsp3) is 0.375. The number of thiazole rings is 1. The number of rotatable bonds is 7. The Morgan fingerprint density at radius 1 is 1.17 bits per heavy atom. The largest absolute Gasteiger partial charge is 0.493 e. The van der Waals surface area contributed by atoms with Crippen LogP contribution in [-0.2, 0) is 13.0 Å². The first-order valence-electron chi connectivity index (χ1n) is 7.14. The van der Waals surface area contributed by atoms with E-state index < -0.39 is 0 Å². The predicted octanol–water partition coefficient (Wildman–Crippen LogP) is 2.66. The van der Waals surface area contributed by atoms with Gasteiger partial charge < -0.3 is 19.5 Å². The molecule has 0 aliphatic carbocycles. The predicted molar refractivity (Wildman–Crippen MR) is 88.8 cm³/mol. The molecule has 0 aliphatic heterocycles. The van der Waals surface area contributed by atoms with Crippen LogP contribution < -0.4 is 19.5 Å². The lowest BCUT2D eigenvalue weighted by atomic mass is 10.1. The zero-order valence-electron chi connectivity index (χ0n) is 13.6. The number of benzene rings is 1. The van der Waals surface area contributed by atoms with E-state index in [1.54, 1.807) is 27.5 Å². The Morgan fingerprint density at radius 3 is 2.30 bits per heavy atom. The summed E-state index contributed by atoms with van der Waals surface area (Å²) < 4.78 is 15.9. The summed E-state index contributed by atoms with van der Waals surface area (Å²) in [5.41, 5.74) is 0.855. The molecule has 0 fully saturated rings. The lowest BCUT2D eigenvalue weighted by Gasteiger charge is -2.14. The molecule has 124 valence electrons. The fourth-order valence-corrected chi connectivity index (χ4v) is 2.86. The van der Waals surface area contributed by atoms with E-state index in [4.69, 9.17) is 14.2 Å². The van der Waals surface area contributed by atoms with Gasteiger partial charge in [0.15, 0.2) is 11.5 Å². The van der Waals surface area contributed by atoms with E-state index in [2.05, 4.69) is 10.3 Å². The molecule has 7 heteroatoms. The highest BCUT2D eigenvalue weighted by atomic mass is 32.1. The Bertz CT molecular complexity index is 659. The first-order chi connectivity index (χ1) is 11.1. The summed E-state index contributed by atoms with van der Waals surface area (Å²) in [5, 5.41) is 3.82. The number of methoxy groups -OCH3 is 3. The number of hydrogen-bond acceptors (Lipinski definition) is 6. The van der Waals surface area contributed by atoms with Crippen molar-refractivity contribution in [2.75, 3.05) is 21.3 Å². The number of amides is 1. The molecule has 1 amide bonds. The molecular formula is C16H20N2O4S. The SMILES string of the molecule is CCc1ncc(C(=O)NCc2cc(OC)c(OC)c(OC)c2)s1. The fourth-order valence-electron chi connectivity index (χ4n) is 2.09. The quantitative estimate of drug-likeness (QED) is 0.842. The van der Waals surface area contributed by atoms with Crippen molar-refractivity contribution in [3.8, 4) is 17.2 Å². The van der Waals surface area contributed by atoms with Crippen molar-refractivity contribution in [1.82, 2.24) is 10.3 Å². The maximum Gasteiger partial charge on any atom is 0.263 e. The van der Waals surface area contributed by atoms with Crippen molar-refractivity contribution in [1.29, 1.82) is 0 Å². The smallest absolute Gasteiger partial charge is 0.263 e. The van der Waals surface area contributed by atoms with Crippen LogP contribution in [0.4, 0.5) is 0 Å². The van der Waals surface area contributed by atoms with Gasteiger partial charge in [0, 0.05) is 6.54 Å². The van der Waals surface area contributed by atoms with Crippen molar-refractivity contribution in [2.45, 2.75) is 19.9 Å². The summed E-state index contributed by atoms with van der Waals surface area (Å²) in [7, 11) is 4.67. The summed E-state index contributed by atoms with van der Waals surface area (Å²) in [6.07, 6.45) is 2.43. The molecule has 6 nitrogen and oxygen atoms in total. The van der Waals surface area contributed by atoms with Gasteiger partial charge in [0.2, 0.25) is 5.75 Å². The topological polar surface area (TPSA) is 69.7 Å². The summed E-state index contributed by atoms with van der Waals surface area (Å²) in [6, 6.07) is 3.62. The Morgan fingerprint density at radius 2 is 1.83 bits per heavy atom. The molecule has 1 aromatic carbocycles. The van der Waals surface area contributed by atoms with Crippen LogP contribution in [0.1, 0.15) is 27.2 Å². The molecule has 1 N–H and O–H groups in total. The van der Waals surface area contributed by atoms with Crippen molar-refractivity contribution >= 4 is 17.2 Å². The molecule has 0 saturated carbocycles. The van der Waals surface area contributed by atoms with E-state index in [9.17, 15) is 4.79 Å². The zero-order valence-corrected chi connectivity index (χ0v) is 14.5. The normalized spacial score (nSPS) is 10.3. The first kappa shape index (κ1) is 17.1. The van der Waals surface area contributed by atoms with Crippen molar-refractivity contribution in [3.05, 3.63) is 33.8 Å². The number of carbonyl (C=O) groups is 1. The third-order valence-electron chi connectivity index (χ3n) is 3.26. The third-order valence-corrected chi connectivity index (χ3v) is 4.40. The van der Waals surface area contributed by atoms with Gasteiger partial charge in [-0.3, -0.25) is 4.79 Å². The molecule has 2 aromatic rings. The molecular weight excluding hydrogens is 316 g/mol. The van der Waals surface area contributed by atoms with Gasteiger partial charge in [0.1, 0.15) is 4.88 Å². The van der Waals surface area contributed by atoms with Gasteiger partial charge in [-0.15, -0.1) is 11.3 Å². The molecule has 0 radical (unpaired) electrons. The van der Waals surface area contributed by atoms with Crippen molar-refractivity contribution in [2.24, 2.45) is 0 Å². The van der Waals surface area contributed by atoms with E-state index in [1.807, 2.05) is 19.1 Å². The Kier molecular flexibility index (Phi) is 5.81. The number of carbonyl (C=O) groups excluding carboxylic acids is 1. The average Bonchev–Trinajstić information content (AvgIpc) is 3.07. The summed E-state index contributed by atoms with van der Waals surface area (Å²) in [6.45, 7) is 2.37. The van der Waals surface area contributed by atoms with Gasteiger partial charge in [-0.2, -0.15) is 0 Å². The summed E-state index contributed by atoms with van der Waals surface area (Å²) in [4.78, 5) is 16.9. The van der Waals surface area contributed by atoms with Gasteiger partial charge >= 0.3 is 0 Å². The molecule has 0 saturated heterocycles. The molecule has 0 spiro atoms. The zero-order chi connectivity index (χ0) is 16.8. The van der Waals surface area contributed by atoms with Crippen LogP contribution in [-0.4, -0.2) is 32.2 Å². The molecule has 23 heavy (non-hydrogen) atoms. The number of ether oxygens (including phenoxy) is 3. The van der Waals surface area contributed by atoms with Gasteiger partial charge in [-0.25, -0.2) is 4.98 Å². The van der Waals surface area contributed by atoms with E-state index in [0.717, 1.165) is 17.0 Å². The molecule has 2 rings (SSSR count). The highest BCUT2D eigenvalue weighted by Crippen LogP contribution is 2.38. The minimum atomic E-state index is -0.143. The van der Waals surface area contributed by atoms with E-state index in [1.165, 1.54) is 11.3 Å². The second kappa shape index (κ2) is 7.82. The molecule has 0 unspecified atom stereocenters. The molecule has 0 atom stereocenters. The lowest BCUT2D eigenvalue weighted by Crippen LogP contribution is -2.21. The van der Waals surface area contributed by atoms with E-state index in [-0.39, 0.29) is 5.91 Å². The molecule has 1 heterocycles. The molecule has 0 aliphatic rings. The number of nitrogens with zero attached hydrogens (tertiary/aromatic N) is 1. The van der Waals surface area contributed by atoms with Crippen LogP contribution in [0, 0.1) is 0 Å². The van der Waals surface area contributed by atoms with Gasteiger partial charge in [-0.05, 0) is 24.1 Å². The monoisotopic (exact) mass is 336 g/mol. The molecule has 0 bridgehead atoms. The Labute approximate surface area is 139 Å². The van der Waals surface area contributed by atoms with E-state index in [0.29, 0.717) is 28.7 Å². The number of aryl methyl sites for hydroxylation is 1. The Balaban J connectivity index is 2.12. The summed E-state index contributed by atoms with van der Waals surface area (Å²) >= 11 is 1.40. The molecule has 1 aromatic heterocycles. The second-order valence-electron chi connectivity index (χ2n) is 4.69. The standard InChI is InChI=1S/C16H20N2O4S/c1-5-14-17-9-13(23-14)16(19)18-8-10-6-11(20-2)15(22-4)12(7-10)21-3/h6-7,9H,5,8H2,1-4H3,(H,18,19). The maximum atomic E-state index is 12.2. The Hall–Kier alpha value is -2.28. The number of hydrogen-bond donors (Lipinski definition) is 1. The van der Waals surface area contributed by atoms with Gasteiger partial charge in [-0.1, -0.05) is 6.92 Å². The minimum absolute atomic E-state index is 0.143. The lowest BCUT2D eigenvalue weighted by molar-refractivity contribution is 0.0954. The van der Waals surface area contributed by atoms with Gasteiger partial charge in [0.05, 0.1) is 32.5 Å². The minimum Gasteiger partial charge on any atom is -0.493 e. The maximum absolute atomic E-state index is 12.2. The van der Waals surface area contributed by atoms with Crippen LogP contribution in [0.15, 0.2) is 18.3 Å². The highest BCUT2D eigenvalue weighted by Gasteiger charge is 2.14. The summed E-state index contributed by atoms with van der Waals surface area (Å²) in [5.74, 6) is 1.50. The van der Waals surface area contributed by atoms with Crippen LogP contribution in [0.25, 0.3) is 0 Å². The second-order valence-corrected chi connectivity index (χ2v) is 5.80. The van der Waals surface area contributed by atoms with Gasteiger partial charge in [0.25, 0.3) is 5.91 Å². The van der Waals surface area contributed by atoms with Crippen LogP contribution in [0.3, 0.4) is 0 Å².